The van der Waals surface area contributed by atoms with Crippen LogP contribution in [0, 0.1) is 13.8 Å². The van der Waals surface area contributed by atoms with Crippen LogP contribution in [0.25, 0.3) is 0 Å². The first-order chi connectivity index (χ1) is 19.7. The Morgan fingerprint density at radius 1 is 0.952 bits per heavy atom. The molecule has 10 heteroatoms. The molecule has 0 aliphatic rings. The third-order valence-electron chi connectivity index (χ3n) is 6.86. The van der Waals surface area contributed by atoms with Crippen molar-refractivity contribution in [1.29, 1.82) is 0 Å². The molecule has 0 bridgehead atoms. The maximum Gasteiger partial charge on any atom is 0.264 e. The van der Waals surface area contributed by atoms with E-state index >= 15 is 0 Å². The van der Waals surface area contributed by atoms with Gasteiger partial charge in [0.05, 0.1) is 17.7 Å². The number of benzene rings is 3. The molecule has 0 radical (unpaired) electrons. The molecule has 0 aromatic heterocycles. The highest BCUT2D eigenvalue weighted by atomic mass is 35.5. The number of sulfonamides is 1. The average molecular weight is 614 g/mol. The van der Waals surface area contributed by atoms with Crippen LogP contribution in [0.3, 0.4) is 0 Å². The maximum atomic E-state index is 14.2. The van der Waals surface area contributed by atoms with Gasteiger partial charge in [0.1, 0.15) is 18.3 Å². The minimum absolute atomic E-state index is 0.00264. The number of amides is 2. The van der Waals surface area contributed by atoms with Gasteiger partial charge in [0.15, 0.2) is 0 Å². The van der Waals surface area contributed by atoms with Crippen molar-refractivity contribution in [3.8, 4) is 5.75 Å². The Kier molecular flexibility index (Phi) is 10.7. The zero-order valence-corrected chi connectivity index (χ0v) is 26.8. The first-order valence-electron chi connectivity index (χ1n) is 13.8. The van der Waals surface area contributed by atoms with E-state index in [1.807, 2.05) is 59.7 Å². The molecule has 226 valence electrons. The van der Waals surface area contributed by atoms with Crippen molar-refractivity contribution < 1.29 is 22.7 Å². The molecule has 3 rings (SSSR count). The van der Waals surface area contributed by atoms with Crippen molar-refractivity contribution >= 4 is 39.1 Å². The largest absolute Gasteiger partial charge is 0.497 e. The van der Waals surface area contributed by atoms with Gasteiger partial charge in [-0.05, 0) is 106 Å². The van der Waals surface area contributed by atoms with E-state index in [1.54, 1.807) is 31.4 Å². The second-order valence-corrected chi connectivity index (χ2v) is 13.6. The Labute approximate surface area is 254 Å². The number of ether oxygens (including phenoxy) is 1. The van der Waals surface area contributed by atoms with Gasteiger partial charge < -0.3 is 15.0 Å². The first kappa shape index (κ1) is 32.9. The molecular weight excluding hydrogens is 574 g/mol. The zero-order valence-electron chi connectivity index (χ0n) is 25.3. The number of aryl methyl sites for hydroxylation is 2. The van der Waals surface area contributed by atoms with Crippen LogP contribution < -0.4 is 14.4 Å². The second kappa shape index (κ2) is 13.6. The standard InChI is InChI=1S/C32H40ClN3O5S/c1-8-29(31(38)34-32(4,5)6)35(20-24-10-15-27(41-7)16-11-24)30(37)21-36(26-14-9-22(2)23(3)19-26)42(39,40)28-17-12-25(33)13-18-28/h9-19,29H,8,20-21H2,1-7H3,(H,34,38)/t29-/m0/s1. The molecular formula is C32H40ClN3O5S. The van der Waals surface area contributed by atoms with Crippen LogP contribution in [0.1, 0.15) is 50.8 Å². The van der Waals surface area contributed by atoms with Crippen molar-refractivity contribution in [1.82, 2.24) is 10.2 Å². The first-order valence-corrected chi connectivity index (χ1v) is 15.6. The molecule has 8 nitrogen and oxygen atoms in total. The quantitative estimate of drug-likeness (QED) is 0.291. The van der Waals surface area contributed by atoms with E-state index < -0.39 is 34.1 Å². The Morgan fingerprint density at radius 2 is 1.57 bits per heavy atom. The third kappa shape index (κ3) is 8.26. The SMILES string of the molecule is CC[C@@H](C(=O)NC(C)(C)C)N(Cc1ccc(OC)cc1)C(=O)CN(c1ccc(C)c(C)c1)S(=O)(=O)c1ccc(Cl)cc1. The zero-order chi connectivity index (χ0) is 31.2. The fourth-order valence-corrected chi connectivity index (χ4v) is 5.98. The van der Waals surface area contributed by atoms with E-state index in [0.717, 1.165) is 21.0 Å². The highest BCUT2D eigenvalue weighted by molar-refractivity contribution is 7.92. The lowest BCUT2D eigenvalue weighted by atomic mass is 10.1. The van der Waals surface area contributed by atoms with Gasteiger partial charge in [0, 0.05) is 17.1 Å². The van der Waals surface area contributed by atoms with Gasteiger partial charge in [-0.15, -0.1) is 0 Å². The predicted molar refractivity (Wildman–Crippen MR) is 167 cm³/mol. The van der Waals surface area contributed by atoms with Crippen molar-refractivity contribution in [3.05, 3.63) is 88.4 Å². The van der Waals surface area contributed by atoms with Crippen molar-refractivity contribution in [3.63, 3.8) is 0 Å². The predicted octanol–water partition coefficient (Wildman–Crippen LogP) is 5.88. The third-order valence-corrected chi connectivity index (χ3v) is 8.90. The molecule has 42 heavy (non-hydrogen) atoms. The molecule has 1 atom stereocenters. The van der Waals surface area contributed by atoms with Crippen LogP contribution in [-0.2, 0) is 26.2 Å². The summed E-state index contributed by atoms with van der Waals surface area (Å²) in [6.45, 7) is 10.8. The summed E-state index contributed by atoms with van der Waals surface area (Å²) in [6.07, 6.45) is 0.331. The fourth-order valence-electron chi connectivity index (χ4n) is 4.44. The number of carbonyl (C=O) groups is 2. The lowest BCUT2D eigenvalue weighted by Crippen LogP contribution is -2.55. The van der Waals surface area contributed by atoms with E-state index in [2.05, 4.69) is 5.32 Å². The summed E-state index contributed by atoms with van der Waals surface area (Å²) >= 11 is 6.03. The topological polar surface area (TPSA) is 96.0 Å². The molecule has 0 fully saturated rings. The highest BCUT2D eigenvalue weighted by Crippen LogP contribution is 2.27. The number of methoxy groups -OCH3 is 1. The van der Waals surface area contributed by atoms with Gasteiger partial charge in [-0.1, -0.05) is 36.7 Å². The van der Waals surface area contributed by atoms with Crippen molar-refractivity contribution in [2.24, 2.45) is 0 Å². The van der Waals surface area contributed by atoms with E-state index in [-0.39, 0.29) is 17.3 Å². The lowest BCUT2D eigenvalue weighted by molar-refractivity contribution is -0.141. The number of halogens is 1. The molecule has 3 aromatic rings. The van der Waals surface area contributed by atoms with Crippen LogP contribution in [0.5, 0.6) is 5.75 Å². The van der Waals surface area contributed by atoms with Crippen LogP contribution >= 0.6 is 11.6 Å². The molecule has 0 saturated carbocycles. The number of rotatable bonds is 11. The number of hydrogen-bond donors (Lipinski definition) is 1. The van der Waals surface area contributed by atoms with E-state index in [0.29, 0.717) is 22.9 Å². The molecule has 0 aliphatic carbocycles. The average Bonchev–Trinajstić information content (AvgIpc) is 2.92. The van der Waals surface area contributed by atoms with E-state index in [1.165, 1.54) is 29.2 Å². The molecule has 3 aromatic carbocycles. The summed E-state index contributed by atoms with van der Waals surface area (Å²) < 4.78 is 34.4. The summed E-state index contributed by atoms with van der Waals surface area (Å²) in [5.41, 5.74) is 2.45. The Balaban J connectivity index is 2.09. The number of nitrogens with zero attached hydrogens (tertiary/aromatic N) is 2. The minimum atomic E-state index is -4.18. The van der Waals surface area contributed by atoms with Crippen molar-refractivity contribution in [2.45, 2.75) is 71.0 Å². The summed E-state index contributed by atoms with van der Waals surface area (Å²) in [4.78, 5) is 29.1. The van der Waals surface area contributed by atoms with Crippen LogP contribution in [-0.4, -0.2) is 50.4 Å². The van der Waals surface area contributed by atoms with E-state index in [4.69, 9.17) is 16.3 Å². The Bertz CT molecular complexity index is 1500. The van der Waals surface area contributed by atoms with Crippen LogP contribution in [0.4, 0.5) is 5.69 Å². The maximum absolute atomic E-state index is 14.2. The fraction of sp³-hybridized carbons (Fsp3) is 0.375. The normalized spacial score (nSPS) is 12.4. The van der Waals surface area contributed by atoms with Crippen LogP contribution in [0.15, 0.2) is 71.6 Å². The molecule has 0 unspecified atom stereocenters. The van der Waals surface area contributed by atoms with Gasteiger partial charge in [0.2, 0.25) is 11.8 Å². The molecule has 0 spiro atoms. The minimum Gasteiger partial charge on any atom is -0.497 e. The molecule has 1 N–H and O–H groups in total. The monoisotopic (exact) mass is 613 g/mol. The summed E-state index contributed by atoms with van der Waals surface area (Å²) in [6, 6.07) is 17.4. The second-order valence-electron chi connectivity index (χ2n) is 11.3. The van der Waals surface area contributed by atoms with Gasteiger partial charge in [-0.25, -0.2) is 8.42 Å². The Morgan fingerprint density at radius 3 is 2.10 bits per heavy atom. The van der Waals surface area contributed by atoms with E-state index in [9.17, 15) is 18.0 Å². The smallest absolute Gasteiger partial charge is 0.264 e. The molecule has 0 heterocycles. The van der Waals surface area contributed by atoms with Gasteiger partial charge in [-0.2, -0.15) is 0 Å². The van der Waals surface area contributed by atoms with Gasteiger partial charge >= 0.3 is 0 Å². The molecule has 0 saturated heterocycles. The number of carbonyl (C=O) groups excluding carboxylic acids is 2. The van der Waals surface area contributed by atoms with Gasteiger partial charge in [-0.3, -0.25) is 13.9 Å². The summed E-state index contributed by atoms with van der Waals surface area (Å²) in [7, 11) is -2.62. The highest BCUT2D eigenvalue weighted by Gasteiger charge is 2.34. The number of anilines is 1. The van der Waals surface area contributed by atoms with Gasteiger partial charge in [0.25, 0.3) is 10.0 Å². The Hall–Kier alpha value is -3.56. The van der Waals surface area contributed by atoms with Crippen molar-refractivity contribution in [2.75, 3.05) is 18.0 Å². The molecule has 0 aliphatic heterocycles. The molecule has 2 amide bonds. The van der Waals surface area contributed by atoms with Crippen LogP contribution in [0.2, 0.25) is 5.02 Å². The number of hydrogen-bond acceptors (Lipinski definition) is 5. The summed E-state index contributed by atoms with van der Waals surface area (Å²) in [5, 5.41) is 3.37. The number of nitrogens with one attached hydrogen (secondary N) is 1. The lowest BCUT2D eigenvalue weighted by Gasteiger charge is -2.35. The summed E-state index contributed by atoms with van der Waals surface area (Å²) in [5.74, 6) is -0.174.